The molecule has 0 radical (unpaired) electrons. The van der Waals surface area contributed by atoms with Gasteiger partial charge >= 0.3 is 0 Å². The molecule has 0 aliphatic rings. The molecule has 2 aromatic heterocycles. The van der Waals surface area contributed by atoms with E-state index in [1.165, 1.54) is 5.56 Å². The minimum atomic E-state index is 0.567. The number of anilines is 3. The monoisotopic (exact) mass is 400 g/mol. The lowest BCUT2D eigenvalue weighted by atomic mass is 10.1. The van der Waals surface area contributed by atoms with Gasteiger partial charge in [0.15, 0.2) is 0 Å². The molecule has 2 heterocycles. The van der Waals surface area contributed by atoms with E-state index in [4.69, 9.17) is 4.74 Å². The van der Waals surface area contributed by atoms with Crippen LogP contribution in [-0.2, 0) is 6.42 Å². The van der Waals surface area contributed by atoms with Gasteiger partial charge in [-0.1, -0.05) is 12.1 Å². The van der Waals surface area contributed by atoms with Crippen molar-refractivity contribution in [3.05, 3.63) is 84.6 Å². The zero-order valence-electron chi connectivity index (χ0n) is 17.0. The molecule has 4 aromatic rings. The van der Waals surface area contributed by atoms with Gasteiger partial charge in [0.25, 0.3) is 0 Å². The predicted octanol–water partition coefficient (Wildman–Crippen LogP) is 4.38. The lowest BCUT2D eigenvalue weighted by molar-refractivity contribution is 0.414. The van der Waals surface area contributed by atoms with Crippen LogP contribution in [-0.4, -0.2) is 33.2 Å². The van der Waals surface area contributed by atoms with Crippen LogP contribution in [0.25, 0.3) is 5.69 Å². The van der Waals surface area contributed by atoms with Crippen molar-refractivity contribution in [1.29, 1.82) is 0 Å². The first-order valence-corrected chi connectivity index (χ1v) is 9.77. The lowest BCUT2D eigenvalue weighted by Crippen LogP contribution is -2.08. The Morgan fingerprint density at radius 1 is 1.00 bits per heavy atom. The Morgan fingerprint density at radius 2 is 1.80 bits per heavy atom. The molecule has 0 spiro atoms. The average molecular weight is 400 g/mol. The van der Waals surface area contributed by atoms with E-state index in [0.717, 1.165) is 41.6 Å². The third-order valence-corrected chi connectivity index (χ3v) is 4.66. The molecule has 2 N–H and O–H groups in total. The first-order chi connectivity index (χ1) is 14.7. The molecule has 0 bridgehead atoms. The van der Waals surface area contributed by atoms with Crippen LogP contribution in [0.15, 0.2) is 73.3 Å². The van der Waals surface area contributed by atoms with Crippen molar-refractivity contribution in [2.75, 3.05) is 24.3 Å². The fraction of sp³-hybridized carbons (Fsp3) is 0.174. The highest BCUT2D eigenvalue weighted by Crippen LogP contribution is 2.18. The van der Waals surface area contributed by atoms with Gasteiger partial charge < -0.3 is 19.9 Å². The quantitative estimate of drug-likeness (QED) is 0.457. The highest BCUT2D eigenvalue weighted by molar-refractivity contribution is 5.57. The number of nitrogens with one attached hydrogen (secondary N) is 2. The molecule has 152 valence electrons. The van der Waals surface area contributed by atoms with E-state index in [-0.39, 0.29) is 0 Å². The predicted molar refractivity (Wildman–Crippen MR) is 119 cm³/mol. The summed E-state index contributed by atoms with van der Waals surface area (Å²) in [5, 5.41) is 6.66. The molecule has 0 aliphatic carbocycles. The van der Waals surface area contributed by atoms with Crippen molar-refractivity contribution in [3.63, 3.8) is 0 Å². The number of aromatic nitrogens is 4. The Kier molecular flexibility index (Phi) is 5.89. The molecule has 7 nitrogen and oxygen atoms in total. The van der Waals surface area contributed by atoms with E-state index < -0.39 is 0 Å². The molecular formula is C23H24N6O. The molecule has 0 fully saturated rings. The van der Waals surface area contributed by atoms with Gasteiger partial charge in [0, 0.05) is 42.1 Å². The molecule has 2 aromatic carbocycles. The Hall–Kier alpha value is -3.87. The van der Waals surface area contributed by atoms with Crippen molar-refractivity contribution in [3.8, 4) is 11.4 Å². The van der Waals surface area contributed by atoms with Crippen molar-refractivity contribution in [2.24, 2.45) is 0 Å². The molecule has 0 unspecified atom stereocenters. The Morgan fingerprint density at radius 3 is 2.50 bits per heavy atom. The number of methoxy groups -OCH3 is 1. The average Bonchev–Trinajstić information content (AvgIpc) is 3.29. The van der Waals surface area contributed by atoms with Crippen LogP contribution in [0, 0.1) is 6.92 Å². The summed E-state index contributed by atoms with van der Waals surface area (Å²) in [7, 11) is 1.67. The van der Waals surface area contributed by atoms with E-state index in [2.05, 4.69) is 37.7 Å². The summed E-state index contributed by atoms with van der Waals surface area (Å²) in [5.74, 6) is 2.23. The number of hydrogen-bond donors (Lipinski definition) is 2. The first kappa shape index (κ1) is 19.4. The van der Waals surface area contributed by atoms with Crippen molar-refractivity contribution in [1.82, 2.24) is 19.5 Å². The third kappa shape index (κ3) is 4.94. The fourth-order valence-corrected chi connectivity index (χ4v) is 3.10. The van der Waals surface area contributed by atoms with E-state index in [1.54, 1.807) is 19.6 Å². The molecule has 0 saturated heterocycles. The molecule has 30 heavy (non-hydrogen) atoms. The normalized spacial score (nSPS) is 10.6. The van der Waals surface area contributed by atoms with Crippen LogP contribution in [0.4, 0.5) is 17.5 Å². The molecule has 0 amide bonds. The second-order valence-electron chi connectivity index (χ2n) is 6.88. The van der Waals surface area contributed by atoms with Gasteiger partial charge in [-0.2, -0.15) is 4.98 Å². The van der Waals surface area contributed by atoms with Crippen molar-refractivity contribution in [2.45, 2.75) is 13.3 Å². The minimum absolute atomic E-state index is 0.567. The van der Waals surface area contributed by atoms with Crippen molar-refractivity contribution >= 4 is 17.5 Å². The van der Waals surface area contributed by atoms with Crippen LogP contribution < -0.4 is 15.4 Å². The second-order valence-corrected chi connectivity index (χ2v) is 6.88. The fourth-order valence-electron chi connectivity index (χ4n) is 3.10. The first-order valence-electron chi connectivity index (χ1n) is 9.77. The number of hydrogen-bond acceptors (Lipinski definition) is 6. The lowest BCUT2D eigenvalue weighted by Gasteiger charge is -2.11. The third-order valence-electron chi connectivity index (χ3n) is 4.66. The smallest absolute Gasteiger partial charge is 0.229 e. The summed E-state index contributed by atoms with van der Waals surface area (Å²) < 4.78 is 7.16. The summed E-state index contributed by atoms with van der Waals surface area (Å²) in [5.41, 5.74) is 4.11. The molecule has 0 aliphatic heterocycles. The maximum Gasteiger partial charge on any atom is 0.229 e. The second kappa shape index (κ2) is 9.09. The Balaban J connectivity index is 1.37. The summed E-state index contributed by atoms with van der Waals surface area (Å²) >= 11 is 0. The molecule has 4 rings (SSSR count). The van der Waals surface area contributed by atoms with Gasteiger partial charge in [0.2, 0.25) is 5.95 Å². The van der Waals surface area contributed by atoms with Gasteiger partial charge in [-0.25, -0.2) is 9.97 Å². The zero-order chi connectivity index (χ0) is 20.8. The summed E-state index contributed by atoms with van der Waals surface area (Å²) in [6.45, 7) is 2.74. The number of ether oxygens (including phenoxy) is 1. The summed E-state index contributed by atoms with van der Waals surface area (Å²) in [4.78, 5) is 13.2. The summed E-state index contributed by atoms with van der Waals surface area (Å²) in [6, 6.07) is 18.1. The van der Waals surface area contributed by atoms with Gasteiger partial charge in [-0.3, -0.25) is 0 Å². The van der Waals surface area contributed by atoms with E-state index >= 15 is 0 Å². The van der Waals surface area contributed by atoms with Gasteiger partial charge in [0.1, 0.15) is 11.6 Å². The molecule has 0 saturated carbocycles. The SMILES string of the molecule is COc1ccc(CCNc2cc(C)nc(Nc3ccc(-n4ccnc4)cc3)n2)cc1. The molecular weight excluding hydrogens is 376 g/mol. The standard InChI is InChI=1S/C23H24N6O/c1-17-15-22(25-12-11-18-3-9-21(30-2)10-4-18)28-23(26-17)27-19-5-7-20(8-6-19)29-14-13-24-16-29/h3-10,13-16H,11-12H2,1-2H3,(H2,25,26,27,28). The topological polar surface area (TPSA) is 76.9 Å². The number of nitrogens with zero attached hydrogens (tertiary/aromatic N) is 4. The summed E-state index contributed by atoms with van der Waals surface area (Å²) in [6.07, 6.45) is 6.34. The Labute approximate surface area is 175 Å². The molecule has 7 heteroatoms. The van der Waals surface area contributed by atoms with Gasteiger partial charge in [0.05, 0.1) is 13.4 Å². The number of rotatable bonds is 8. The van der Waals surface area contributed by atoms with Crippen LogP contribution in [0.5, 0.6) is 5.75 Å². The minimum Gasteiger partial charge on any atom is -0.497 e. The van der Waals surface area contributed by atoms with Crippen LogP contribution in [0.3, 0.4) is 0 Å². The number of imidazole rings is 1. The van der Waals surface area contributed by atoms with E-state index in [9.17, 15) is 0 Å². The van der Waals surface area contributed by atoms with E-state index in [0.29, 0.717) is 5.95 Å². The van der Waals surface area contributed by atoms with Crippen molar-refractivity contribution < 1.29 is 4.74 Å². The highest BCUT2D eigenvalue weighted by atomic mass is 16.5. The highest BCUT2D eigenvalue weighted by Gasteiger charge is 2.04. The van der Waals surface area contributed by atoms with Crippen LogP contribution >= 0.6 is 0 Å². The number of aryl methyl sites for hydroxylation is 1. The zero-order valence-corrected chi connectivity index (χ0v) is 17.0. The largest absolute Gasteiger partial charge is 0.497 e. The van der Waals surface area contributed by atoms with E-state index in [1.807, 2.05) is 60.2 Å². The maximum atomic E-state index is 5.20. The maximum absolute atomic E-state index is 5.20. The van der Waals surface area contributed by atoms with Gasteiger partial charge in [-0.15, -0.1) is 0 Å². The van der Waals surface area contributed by atoms with Crippen LogP contribution in [0.2, 0.25) is 0 Å². The molecule has 0 atom stereocenters. The Bertz CT molecular complexity index is 1080. The number of benzene rings is 2. The van der Waals surface area contributed by atoms with Gasteiger partial charge in [-0.05, 0) is 55.3 Å². The van der Waals surface area contributed by atoms with Crippen LogP contribution in [0.1, 0.15) is 11.3 Å².